The minimum absolute atomic E-state index is 0.0354. The normalized spacial score (nSPS) is 15.6. The molecule has 2 aromatic rings. The molecule has 1 aliphatic carbocycles. The fraction of sp³-hybridized carbons (Fsp3) is 0.200. The van der Waals surface area contributed by atoms with Gasteiger partial charge in [-0.25, -0.2) is 0 Å². The maximum Gasteiger partial charge on any atom is 0.269 e. The van der Waals surface area contributed by atoms with E-state index in [1.165, 1.54) is 0 Å². The van der Waals surface area contributed by atoms with E-state index in [4.69, 9.17) is 9.68 Å². The van der Waals surface area contributed by atoms with Crippen LogP contribution in [0.1, 0.15) is 12.8 Å². The number of nitrogens with zero attached hydrogens (tertiary/aromatic N) is 1. The Morgan fingerprint density at radius 3 is 2.90 bits per heavy atom. The fourth-order valence-corrected chi connectivity index (χ4v) is 2.02. The molecule has 0 atom stereocenters. The summed E-state index contributed by atoms with van der Waals surface area (Å²) in [6.45, 7) is 0. The Morgan fingerprint density at radius 2 is 2.20 bits per heavy atom. The number of benzene rings is 1. The average molecular weight is 268 g/mol. The molecule has 1 heterocycles. The number of amides is 1. The molecule has 0 saturated heterocycles. The standard InChI is InChI=1S/C15H12N2O3/c16-8-12(14(18)9-1-2-9)15(19)17-11-3-4-13-10(7-11)5-6-20-13/h3-7,9,18H,1-2H2,(H,17,19). The number of rotatable bonds is 3. The van der Waals surface area contributed by atoms with Gasteiger partial charge >= 0.3 is 0 Å². The van der Waals surface area contributed by atoms with Gasteiger partial charge in [-0.3, -0.25) is 4.79 Å². The summed E-state index contributed by atoms with van der Waals surface area (Å²) in [4.78, 5) is 12.0. The van der Waals surface area contributed by atoms with E-state index in [0.717, 1.165) is 23.8 Å². The van der Waals surface area contributed by atoms with Gasteiger partial charge in [0.1, 0.15) is 17.4 Å². The smallest absolute Gasteiger partial charge is 0.269 e. The van der Waals surface area contributed by atoms with Gasteiger partial charge in [-0.05, 0) is 37.1 Å². The van der Waals surface area contributed by atoms with Gasteiger partial charge in [0.25, 0.3) is 5.91 Å². The third-order valence-corrected chi connectivity index (χ3v) is 3.27. The number of aliphatic hydroxyl groups is 1. The highest BCUT2D eigenvalue weighted by atomic mass is 16.3. The SMILES string of the molecule is N#CC(C(=O)Nc1ccc2occc2c1)=C(O)C1CC1. The number of aliphatic hydroxyl groups excluding tert-OH is 1. The molecule has 1 fully saturated rings. The van der Waals surface area contributed by atoms with Crippen molar-refractivity contribution in [1.82, 2.24) is 0 Å². The molecule has 3 rings (SSSR count). The second-order valence-corrected chi connectivity index (χ2v) is 4.77. The lowest BCUT2D eigenvalue weighted by atomic mass is 10.1. The molecule has 1 aromatic carbocycles. The number of allylic oxidation sites excluding steroid dienone is 1. The maximum atomic E-state index is 12.0. The lowest BCUT2D eigenvalue weighted by Crippen LogP contribution is -2.15. The third-order valence-electron chi connectivity index (χ3n) is 3.27. The Bertz CT molecular complexity index is 748. The zero-order chi connectivity index (χ0) is 14.1. The molecule has 0 bridgehead atoms. The van der Waals surface area contributed by atoms with Crippen LogP contribution in [0.2, 0.25) is 0 Å². The molecule has 0 spiro atoms. The van der Waals surface area contributed by atoms with Crippen LogP contribution in [0.4, 0.5) is 5.69 Å². The van der Waals surface area contributed by atoms with E-state index < -0.39 is 5.91 Å². The highest BCUT2D eigenvalue weighted by Gasteiger charge is 2.30. The second-order valence-electron chi connectivity index (χ2n) is 4.77. The molecule has 5 nitrogen and oxygen atoms in total. The van der Waals surface area contributed by atoms with E-state index in [1.807, 2.05) is 0 Å². The molecule has 0 unspecified atom stereocenters. The molecule has 5 heteroatoms. The van der Waals surface area contributed by atoms with Crippen molar-refractivity contribution in [3.05, 3.63) is 41.9 Å². The van der Waals surface area contributed by atoms with Crippen LogP contribution in [0, 0.1) is 17.2 Å². The van der Waals surface area contributed by atoms with Crippen molar-refractivity contribution in [3.63, 3.8) is 0 Å². The summed E-state index contributed by atoms with van der Waals surface area (Å²) in [6.07, 6.45) is 3.21. The topological polar surface area (TPSA) is 86.3 Å². The second kappa shape index (κ2) is 4.74. The van der Waals surface area contributed by atoms with Crippen LogP contribution in [-0.4, -0.2) is 11.0 Å². The molecule has 0 aliphatic heterocycles. The van der Waals surface area contributed by atoms with Crippen LogP contribution in [0.15, 0.2) is 46.3 Å². The van der Waals surface area contributed by atoms with Crippen LogP contribution in [0.25, 0.3) is 11.0 Å². The summed E-state index contributed by atoms with van der Waals surface area (Å²) >= 11 is 0. The van der Waals surface area contributed by atoms with Crippen LogP contribution >= 0.6 is 0 Å². The van der Waals surface area contributed by atoms with Crippen LogP contribution in [0.5, 0.6) is 0 Å². The molecule has 1 saturated carbocycles. The van der Waals surface area contributed by atoms with Crippen LogP contribution in [0.3, 0.4) is 0 Å². The van der Waals surface area contributed by atoms with Crippen molar-refractivity contribution < 1.29 is 14.3 Å². The molecule has 1 aliphatic rings. The predicted octanol–water partition coefficient (Wildman–Crippen LogP) is 3.12. The number of carbonyl (C=O) groups is 1. The minimum atomic E-state index is -0.584. The number of nitriles is 1. The first-order valence-corrected chi connectivity index (χ1v) is 6.31. The highest BCUT2D eigenvalue weighted by Crippen LogP contribution is 2.36. The molecule has 1 amide bonds. The number of carbonyl (C=O) groups excluding carboxylic acids is 1. The summed E-state index contributed by atoms with van der Waals surface area (Å²) in [5.74, 6) is -0.721. The van der Waals surface area contributed by atoms with Gasteiger partial charge in [0.2, 0.25) is 0 Å². The van der Waals surface area contributed by atoms with Crippen molar-refractivity contribution in [2.45, 2.75) is 12.8 Å². The Labute approximate surface area is 115 Å². The van der Waals surface area contributed by atoms with Gasteiger partial charge in [-0.1, -0.05) is 0 Å². The number of hydrogen-bond acceptors (Lipinski definition) is 4. The third kappa shape index (κ3) is 2.24. The first-order valence-electron chi connectivity index (χ1n) is 6.31. The number of hydrogen-bond donors (Lipinski definition) is 2. The zero-order valence-electron chi connectivity index (χ0n) is 10.6. The van der Waals surface area contributed by atoms with E-state index in [0.29, 0.717) is 5.69 Å². The molecule has 20 heavy (non-hydrogen) atoms. The quantitative estimate of drug-likeness (QED) is 0.508. The first-order chi connectivity index (χ1) is 9.69. The monoisotopic (exact) mass is 268 g/mol. The number of nitrogens with one attached hydrogen (secondary N) is 1. The summed E-state index contributed by atoms with van der Waals surface area (Å²) in [7, 11) is 0. The summed E-state index contributed by atoms with van der Waals surface area (Å²) in [5, 5.41) is 22.3. The van der Waals surface area contributed by atoms with E-state index >= 15 is 0 Å². The molecular formula is C15H12N2O3. The van der Waals surface area contributed by atoms with Gasteiger partial charge in [0, 0.05) is 17.0 Å². The van der Waals surface area contributed by atoms with E-state index in [2.05, 4.69) is 5.32 Å². The Balaban J connectivity index is 1.84. The maximum absolute atomic E-state index is 12.0. The molecular weight excluding hydrogens is 256 g/mol. The van der Waals surface area contributed by atoms with Crippen molar-refractivity contribution in [3.8, 4) is 6.07 Å². The van der Waals surface area contributed by atoms with Gasteiger partial charge in [0.15, 0.2) is 5.57 Å². The fourth-order valence-electron chi connectivity index (χ4n) is 2.02. The average Bonchev–Trinajstić information content (AvgIpc) is 3.18. The molecule has 0 radical (unpaired) electrons. The van der Waals surface area contributed by atoms with E-state index in [9.17, 15) is 9.90 Å². The highest BCUT2D eigenvalue weighted by molar-refractivity contribution is 6.07. The van der Waals surface area contributed by atoms with Crippen LogP contribution in [-0.2, 0) is 4.79 Å². The Hall–Kier alpha value is -2.74. The van der Waals surface area contributed by atoms with Gasteiger partial charge < -0.3 is 14.8 Å². The number of anilines is 1. The van der Waals surface area contributed by atoms with Crippen LogP contribution < -0.4 is 5.32 Å². The van der Waals surface area contributed by atoms with E-state index in [-0.39, 0.29) is 17.3 Å². The number of furan rings is 1. The van der Waals surface area contributed by atoms with Crippen molar-refractivity contribution in [2.24, 2.45) is 5.92 Å². The van der Waals surface area contributed by atoms with Crippen molar-refractivity contribution in [2.75, 3.05) is 5.32 Å². The van der Waals surface area contributed by atoms with E-state index in [1.54, 1.807) is 36.6 Å². The van der Waals surface area contributed by atoms with Crippen molar-refractivity contribution >= 4 is 22.6 Å². The lowest BCUT2D eigenvalue weighted by molar-refractivity contribution is -0.112. The largest absolute Gasteiger partial charge is 0.510 e. The van der Waals surface area contributed by atoms with Gasteiger partial charge in [-0.2, -0.15) is 5.26 Å². The van der Waals surface area contributed by atoms with Gasteiger partial charge in [-0.15, -0.1) is 0 Å². The predicted molar refractivity (Wildman–Crippen MR) is 72.8 cm³/mol. The first kappa shape index (κ1) is 12.3. The zero-order valence-corrected chi connectivity index (χ0v) is 10.6. The summed E-state index contributed by atoms with van der Waals surface area (Å²) in [6, 6.07) is 8.73. The molecule has 100 valence electrons. The lowest BCUT2D eigenvalue weighted by Gasteiger charge is -2.06. The molecule has 2 N–H and O–H groups in total. The Kier molecular flexibility index (Phi) is 2.92. The molecule has 1 aromatic heterocycles. The summed E-state index contributed by atoms with van der Waals surface area (Å²) < 4.78 is 5.21. The Morgan fingerprint density at radius 1 is 1.40 bits per heavy atom. The summed E-state index contributed by atoms with van der Waals surface area (Å²) in [5.41, 5.74) is 1.07. The number of fused-ring (bicyclic) bond motifs is 1. The van der Waals surface area contributed by atoms with Gasteiger partial charge in [0.05, 0.1) is 6.26 Å². The minimum Gasteiger partial charge on any atom is -0.510 e. The van der Waals surface area contributed by atoms with Crippen molar-refractivity contribution in [1.29, 1.82) is 5.26 Å².